The Labute approximate surface area is 151 Å². The molecule has 1 rings (SSSR count). The second-order valence-corrected chi connectivity index (χ2v) is 5.67. The lowest BCUT2D eigenvalue weighted by Crippen LogP contribution is -2.39. The minimum absolute atomic E-state index is 0.180. The van der Waals surface area contributed by atoms with Gasteiger partial charge in [0.15, 0.2) is 6.10 Å². The maximum atomic E-state index is 12.1. The molecule has 1 aromatic rings. The second kappa shape index (κ2) is 10.5. The minimum atomic E-state index is -0.969. The fourth-order valence-electron chi connectivity index (χ4n) is 2.00. The number of carbonyl (C=O) groups is 3. The van der Waals surface area contributed by atoms with Gasteiger partial charge in [-0.3, -0.25) is 9.59 Å². The number of ether oxygens (including phenoxy) is 2. The van der Waals surface area contributed by atoms with Crippen molar-refractivity contribution in [1.29, 1.82) is 0 Å². The van der Waals surface area contributed by atoms with Gasteiger partial charge in [0.2, 0.25) is 0 Å². The van der Waals surface area contributed by atoms with Gasteiger partial charge in [0.1, 0.15) is 0 Å². The summed E-state index contributed by atoms with van der Waals surface area (Å²) in [7, 11) is 1.51. The van der Waals surface area contributed by atoms with E-state index in [9.17, 15) is 14.4 Å². The molecule has 138 valence electrons. The molecule has 0 radical (unpaired) electrons. The molecule has 0 unspecified atom stereocenters. The van der Waals surface area contributed by atoms with Gasteiger partial charge in [-0.1, -0.05) is 23.7 Å². The molecule has 9 heteroatoms. The Morgan fingerprint density at radius 1 is 1.24 bits per heavy atom. The molecule has 1 aromatic carbocycles. The SMILES string of the molecule is COCCNC(=O)[C@H](C)OC(=O)C[C@@H](NC(N)=O)c1ccc(Cl)cc1. The number of rotatable bonds is 9. The van der Waals surface area contributed by atoms with E-state index in [4.69, 9.17) is 26.8 Å². The Morgan fingerprint density at radius 2 is 1.88 bits per heavy atom. The van der Waals surface area contributed by atoms with Crippen LogP contribution < -0.4 is 16.4 Å². The molecule has 0 heterocycles. The van der Waals surface area contributed by atoms with Crippen molar-refractivity contribution in [1.82, 2.24) is 10.6 Å². The van der Waals surface area contributed by atoms with Crippen molar-refractivity contribution in [3.05, 3.63) is 34.9 Å². The molecule has 2 atom stereocenters. The zero-order valence-corrected chi connectivity index (χ0v) is 14.8. The maximum absolute atomic E-state index is 12.1. The van der Waals surface area contributed by atoms with E-state index < -0.39 is 30.1 Å². The average Bonchev–Trinajstić information content (AvgIpc) is 2.54. The summed E-state index contributed by atoms with van der Waals surface area (Å²) in [6, 6.07) is 5.12. The molecular formula is C16H22ClN3O5. The molecular weight excluding hydrogens is 350 g/mol. The third-order valence-electron chi connectivity index (χ3n) is 3.24. The van der Waals surface area contributed by atoms with Gasteiger partial charge >= 0.3 is 12.0 Å². The molecule has 0 aliphatic heterocycles. The van der Waals surface area contributed by atoms with Crippen LogP contribution in [0.5, 0.6) is 0 Å². The van der Waals surface area contributed by atoms with E-state index in [1.54, 1.807) is 24.3 Å². The van der Waals surface area contributed by atoms with Crippen LogP contribution in [0.2, 0.25) is 5.02 Å². The van der Waals surface area contributed by atoms with Gasteiger partial charge in [-0.05, 0) is 24.6 Å². The molecule has 0 fully saturated rings. The van der Waals surface area contributed by atoms with Gasteiger partial charge in [0, 0.05) is 18.7 Å². The molecule has 3 amide bonds. The van der Waals surface area contributed by atoms with E-state index in [1.807, 2.05) is 0 Å². The molecule has 0 spiro atoms. The summed E-state index contributed by atoms with van der Waals surface area (Å²) in [5, 5.41) is 5.55. The van der Waals surface area contributed by atoms with E-state index in [-0.39, 0.29) is 6.42 Å². The number of benzene rings is 1. The van der Waals surface area contributed by atoms with Crippen LogP contribution in [0, 0.1) is 0 Å². The van der Waals surface area contributed by atoms with Crippen LogP contribution >= 0.6 is 11.6 Å². The average molecular weight is 372 g/mol. The van der Waals surface area contributed by atoms with Gasteiger partial charge < -0.3 is 25.8 Å². The summed E-state index contributed by atoms with van der Waals surface area (Å²) < 4.78 is 9.91. The summed E-state index contributed by atoms with van der Waals surface area (Å²) in [5.41, 5.74) is 5.79. The summed E-state index contributed by atoms with van der Waals surface area (Å²) in [6.07, 6.45) is -1.15. The maximum Gasteiger partial charge on any atom is 0.312 e. The van der Waals surface area contributed by atoms with Crippen molar-refractivity contribution in [3.63, 3.8) is 0 Å². The van der Waals surface area contributed by atoms with E-state index >= 15 is 0 Å². The van der Waals surface area contributed by atoms with Crippen LogP contribution in [0.4, 0.5) is 4.79 Å². The first kappa shape index (κ1) is 20.7. The second-order valence-electron chi connectivity index (χ2n) is 5.23. The smallest absolute Gasteiger partial charge is 0.312 e. The number of hydrogen-bond acceptors (Lipinski definition) is 5. The number of nitrogens with one attached hydrogen (secondary N) is 2. The third-order valence-corrected chi connectivity index (χ3v) is 3.49. The number of methoxy groups -OCH3 is 1. The highest BCUT2D eigenvalue weighted by Gasteiger charge is 2.22. The Morgan fingerprint density at radius 3 is 2.44 bits per heavy atom. The number of hydrogen-bond donors (Lipinski definition) is 3. The molecule has 0 aliphatic carbocycles. The Hall–Kier alpha value is -2.32. The van der Waals surface area contributed by atoms with Gasteiger partial charge in [-0.2, -0.15) is 0 Å². The first-order valence-corrected chi connectivity index (χ1v) is 7.98. The lowest BCUT2D eigenvalue weighted by molar-refractivity contribution is -0.155. The molecule has 0 saturated carbocycles. The van der Waals surface area contributed by atoms with E-state index in [1.165, 1.54) is 14.0 Å². The zero-order valence-electron chi connectivity index (χ0n) is 14.1. The van der Waals surface area contributed by atoms with Gasteiger partial charge in [0.25, 0.3) is 5.91 Å². The number of esters is 1. The van der Waals surface area contributed by atoms with Crippen LogP contribution in [-0.2, 0) is 19.1 Å². The molecule has 0 saturated heterocycles. The Bertz CT molecular complexity index is 594. The number of primary amides is 1. The molecule has 4 N–H and O–H groups in total. The predicted octanol–water partition coefficient (Wildman–Crippen LogP) is 1.13. The Balaban J connectivity index is 2.64. The quantitative estimate of drug-likeness (QED) is 0.444. The molecule has 0 aromatic heterocycles. The summed E-state index contributed by atoms with van der Waals surface area (Å²) in [4.78, 5) is 35.0. The standard InChI is InChI=1S/C16H22ClN3O5/c1-10(15(22)19-7-8-24-2)25-14(21)9-13(20-16(18)23)11-3-5-12(17)6-4-11/h3-6,10,13H,7-9H2,1-2H3,(H,19,22)(H3,18,20,23)/t10-,13+/m0/s1. The molecule has 0 aliphatic rings. The van der Waals surface area contributed by atoms with Crippen LogP contribution in [0.25, 0.3) is 0 Å². The van der Waals surface area contributed by atoms with E-state index in [0.717, 1.165) is 0 Å². The normalized spacial score (nSPS) is 12.8. The first-order valence-electron chi connectivity index (χ1n) is 7.61. The number of halogens is 1. The van der Waals surface area contributed by atoms with E-state index in [0.29, 0.717) is 23.7 Å². The molecule has 8 nitrogen and oxygen atoms in total. The summed E-state index contributed by atoms with van der Waals surface area (Å²) in [5.74, 6) is -1.08. The van der Waals surface area contributed by atoms with Crippen molar-refractivity contribution < 1.29 is 23.9 Å². The van der Waals surface area contributed by atoms with Crippen molar-refractivity contribution in [2.45, 2.75) is 25.5 Å². The largest absolute Gasteiger partial charge is 0.452 e. The van der Waals surface area contributed by atoms with E-state index in [2.05, 4.69) is 10.6 Å². The topological polar surface area (TPSA) is 120 Å². The number of nitrogens with two attached hydrogens (primary N) is 1. The number of amides is 3. The first-order chi connectivity index (χ1) is 11.8. The third kappa shape index (κ3) is 7.86. The van der Waals surface area contributed by atoms with Crippen molar-refractivity contribution >= 4 is 29.5 Å². The predicted molar refractivity (Wildman–Crippen MR) is 92.0 cm³/mol. The zero-order chi connectivity index (χ0) is 18.8. The highest BCUT2D eigenvalue weighted by Crippen LogP contribution is 2.20. The lowest BCUT2D eigenvalue weighted by Gasteiger charge is -2.19. The fraction of sp³-hybridized carbons (Fsp3) is 0.438. The fourth-order valence-corrected chi connectivity index (χ4v) is 2.13. The van der Waals surface area contributed by atoms with Crippen LogP contribution in [-0.4, -0.2) is 44.3 Å². The van der Waals surface area contributed by atoms with Crippen LogP contribution in [0.15, 0.2) is 24.3 Å². The lowest BCUT2D eigenvalue weighted by atomic mass is 10.0. The minimum Gasteiger partial charge on any atom is -0.452 e. The van der Waals surface area contributed by atoms with Crippen LogP contribution in [0.3, 0.4) is 0 Å². The van der Waals surface area contributed by atoms with Gasteiger partial charge in [0.05, 0.1) is 19.1 Å². The molecule has 0 bridgehead atoms. The van der Waals surface area contributed by atoms with Crippen molar-refractivity contribution in [2.75, 3.05) is 20.3 Å². The number of carbonyl (C=O) groups excluding carboxylic acids is 3. The molecule has 25 heavy (non-hydrogen) atoms. The van der Waals surface area contributed by atoms with Gasteiger partial charge in [-0.15, -0.1) is 0 Å². The highest BCUT2D eigenvalue weighted by molar-refractivity contribution is 6.30. The Kier molecular flexibility index (Phi) is 8.73. The highest BCUT2D eigenvalue weighted by atomic mass is 35.5. The van der Waals surface area contributed by atoms with Crippen molar-refractivity contribution in [2.24, 2.45) is 5.73 Å². The monoisotopic (exact) mass is 371 g/mol. The van der Waals surface area contributed by atoms with Crippen LogP contribution in [0.1, 0.15) is 24.9 Å². The van der Waals surface area contributed by atoms with Gasteiger partial charge in [-0.25, -0.2) is 4.79 Å². The number of urea groups is 1. The van der Waals surface area contributed by atoms with Crippen molar-refractivity contribution in [3.8, 4) is 0 Å². The summed E-state index contributed by atoms with van der Waals surface area (Å²) >= 11 is 5.83. The summed E-state index contributed by atoms with van der Waals surface area (Å²) in [6.45, 7) is 2.13.